The lowest BCUT2D eigenvalue weighted by atomic mass is 10.1. The Morgan fingerprint density at radius 3 is 2.25 bits per heavy atom. The van der Waals surface area contributed by atoms with Crippen LogP contribution in [0.4, 0.5) is 14.5 Å². The Kier molecular flexibility index (Phi) is 5.63. The largest absolute Gasteiger partial charge is 0.435 e. The third kappa shape index (κ3) is 4.42. The lowest BCUT2D eigenvalue weighted by molar-refractivity contribution is -0.0498. The van der Waals surface area contributed by atoms with Crippen molar-refractivity contribution < 1.29 is 18.3 Å². The van der Waals surface area contributed by atoms with E-state index in [2.05, 4.69) is 10.1 Å². The first-order valence-corrected chi connectivity index (χ1v) is 9.41. The Morgan fingerprint density at radius 2 is 1.67 bits per heavy atom. The van der Waals surface area contributed by atoms with Crippen LogP contribution in [-0.4, -0.2) is 24.0 Å². The summed E-state index contributed by atoms with van der Waals surface area (Å²) in [5.74, 6) is 2.13. The van der Waals surface area contributed by atoms with Crippen molar-refractivity contribution in [3.8, 4) is 5.75 Å². The topological polar surface area (TPSA) is 38.3 Å². The zero-order valence-electron chi connectivity index (χ0n) is 12.6. The third-order valence-corrected chi connectivity index (χ3v) is 6.51. The maximum absolute atomic E-state index is 12.2. The molecule has 0 spiro atoms. The third-order valence-electron chi connectivity index (χ3n) is 3.40. The van der Waals surface area contributed by atoms with Gasteiger partial charge in [-0.3, -0.25) is 4.79 Å². The van der Waals surface area contributed by atoms with Crippen molar-refractivity contribution in [3.05, 3.63) is 59.7 Å². The number of thioether (sulfide) groups is 2. The molecule has 0 aromatic heterocycles. The number of benzene rings is 2. The van der Waals surface area contributed by atoms with Crippen LogP contribution in [0.1, 0.15) is 20.5 Å². The van der Waals surface area contributed by atoms with Crippen LogP contribution >= 0.6 is 23.5 Å². The van der Waals surface area contributed by atoms with Crippen LogP contribution < -0.4 is 10.1 Å². The molecule has 0 unspecified atom stereocenters. The minimum absolute atomic E-state index is 0.0546. The molecular formula is C17H15F2NO2S2. The first kappa shape index (κ1) is 17.1. The van der Waals surface area contributed by atoms with E-state index in [4.69, 9.17) is 0 Å². The molecule has 1 amide bonds. The summed E-state index contributed by atoms with van der Waals surface area (Å²) in [4.78, 5) is 12.2. The lowest BCUT2D eigenvalue weighted by Crippen LogP contribution is -2.12. The van der Waals surface area contributed by atoms with Gasteiger partial charge in [0, 0.05) is 22.8 Å². The molecule has 1 aliphatic heterocycles. The molecule has 0 radical (unpaired) electrons. The van der Waals surface area contributed by atoms with Crippen molar-refractivity contribution in [2.75, 3.05) is 16.8 Å². The summed E-state index contributed by atoms with van der Waals surface area (Å²) in [5.41, 5.74) is 2.29. The highest BCUT2D eigenvalue weighted by Crippen LogP contribution is 2.45. The van der Waals surface area contributed by atoms with E-state index in [-0.39, 0.29) is 11.7 Å². The number of alkyl halides is 2. The van der Waals surface area contributed by atoms with Crippen molar-refractivity contribution in [3.63, 3.8) is 0 Å². The molecule has 0 bridgehead atoms. The number of anilines is 1. The van der Waals surface area contributed by atoms with Gasteiger partial charge < -0.3 is 10.1 Å². The van der Waals surface area contributed by atoms with Crippen LogP contribution in [0.5, 0.6) is 5.75 Å². The van der Waals surface area contributed by atoms with Crippen molar-refractivity contribution in [2.45, 2.75) is 11.2 Å². The van der Waals surface area contributed by atoms with Gasteiger partial charge in [-0.25, -0.2) is 0 Å². The molecule has 2 aromatic rings. The molecule has 1 N–H and O–H groups in total. The van der Waals surface area contributed by atoms with Crippen LogP contribution in [0.15, 0.2) is 48.5 Å². The number of halogens is 2. The highest BCUT2D eigenvalue weighted by Gasteiger charge is 2.18. The molecule has 1 saturated heterocycles. The Morgan fingerprint density at radius 1 is 1.04 bits per heavy atom. The molecule has 7 heteroatoms. The first-order valence-electron chi connectivity index (χ1n) is 7.31. The van der Waals surface area contributed by atoms with E-state index in [0.717, 1.165) is 11.5 Å². The Bertz CT molecular complexity index is 687. The van der Waals surface area contributed by atoms with Crippen molar-refractivity contribution >= 4 is 35.1 Å². The molecule has 1 fully saturated rings. The molecule has 3 nitrogen and oxygen atoms in total. The van der Waals surface area contributed by atoms with Gasteiger partial charge in [0.1, 0.15) is 5.75 Å². The highest BCUT2D eigenvalue weighted by atomic mass is 32.2. The predicted molar refractivity (Wildman–Crippen MR) is 95.1 cm³/mol. The van der Waals surface area contributed by atoms with Gasteiger partial charge >= 0.3 is 6.61 Å². The van der Waals surface area contributed by atoms with E-state index in [9.17, 15) is 13.6 Å². The van der Waals surface area contributed by atoms with Gasteiger partial charge in [0.25, 0.3) is 5.91 Å². The summed E-state index contributed by atoms with van der Waals surface area (Å²) in [6.45, 7) is -2.86. The number of ether oxygens (including phenoxy) is 1. The molecule has 0 aliphatic carbocycles. The van der Waals surface area contributed by atoms with E-state index in [0.29, 0.717) is 15.8 Å². The maximum atomic E-state index is 12.2. The van der Waals surface area contributed by atoms with Crippen molar-refractivity contribution in [1.29, 1.82) is 0 Å². The van der Waals surface area contributed by atoms with Crippen LogP contribution in [0, 0.1) is 0 Å². The quantitative estimate of drug-likeness (QED) is 0.805. The molecule has 0 saturated carbocycles. The Hall–Kier alpha value is -1.73. The zero-order chi connectivity index (χ0) is 16.9. The fraction of sp³-hybridized carbons (Fsp3) is 0.235. The summed E-state index contributed by atoms with van der Waals surface area (Å²) in [6.07, 6.45) is 0. The summed E-state index contributed by atoms with van der Waals surface area (Å²) >= 11 is 3.83. The molecule has 0 atom stereocenters. The van der Waals surface area contributed by atoms with Crippen molar-refractivity contribution in [2.24, 2.45) is 0 Å². The molecule has 1 aliphatic rings. The Balaban J connectivity index is 1.61. The number of carbonyl (C=O) groups is 1. The van der Waals surface area contributed by atoms with E-state index in [1.165, 1.54) is 29.8 Å². The smallest absolute Gasteiger partial charge is 0.387 e. The van der Waals surface area contributed by atoms with Crippen LogP contribution in [0.25, 0.3) is 0 Å². The van der Waals surface area contributed by atoms with Gasteiger partial charge in [-0.05, 0) is 42.0 Å². The first-order chi connectivity index (χ1) is 11.6. The SMILES string of the molecule is O=C(Nc1ccc(OC(F)F)cc1)c1ccc(C2SCCS2)cc1. The number of hydrogen-bond acceptors (Lipinski definition) is 4. The minimum Gasteiger partial charge on any atom is -0.435 e. The molecule has 24 heavy (non-hydrogen) atoms. The van der Waals surface area contributed by atoms with Crippen LogP contribution in [0.2, 0.25) is 0 Å². The van der Waals surface area contributed by atoms with Gasteiger partial charge in [-0.1, -0.05) is 12.1 Å². The predicted octanol–water partition coefficient (Wildman–Crippen LogP) is 5.02. The van der Waals surface area contributed by atoms with E-state index >= 15 is 0 Å². The molecule has 2 aromatic carbocycles. The Labute approximate surface area is 147 Å². The van der Waals surface area contributed by atoms with Gasteiger partial charge in [0.15, 0.2) is 0 Å². The number of carbonyl (C=O) groups excluding carboxylic acids is 1. The van der Waals surface area contributed by atoms with Gasteiger partial charge in [0.2, 0.25) is 0 Å². The number of hydrogen-bond donors (Lipinski definition) is 1. The maximum Gasteiger partial charge on any atom is 0.387 e. The second kappa shape index (κ2) is 7.90. The second-order valence-electron chi connectivity index (χ2n) is 5.05. The normalized spacial score (nSPS) is 14.8. The molecular weight excluding hydrogens is 352 g/mol. The fourth-order valence-corrected chi connectivity index (χ4v) is 5.12. The summed E-state index contributed by atoms with van der Waals surface area (Å²) in [7, 11) is 0. The summed E-state index contributed by atoms with van der Waals surface area (Å²) in [5, 5.41) is 2.74. The average molecular weight is 367 g/mol. The van der Waals surface area contributed by atoms with Gasteiger partial charge in [-0.2, -0.15) is 8.78 Å². The van der Waals surface area contributed by atoms with Gasteiger partial charge in [0.05, 0.1) is 4.58 Å². The van der Waals surface area contributed by atoms with E-state index in [1.54, 1.807) is 12.1 Å². The highest BCUT2D eigenvalue weighted by molar-refractivity contribution is 8.19. The number of nitrogens with one attached hydrogen (secondary N) is 1. The lowest BCUT2D eigenvalue weighted by Gasteiger charge is -2.10. The fourth-order valence-electron chi connectivity index (χ4n) is 2.27. The van der Waals surface area contributed by atoms with Crippen molar-refractivity contribution in [1.82, 2.24) is 0 Å². The summed E-state index contributed by atoms with van der Waals surface area (Å²) < 4.78 is 28.9. The van der Waals surface area contributed by atoms with Crippen LogP contribution in [0.3, 0.4) is 0 Å². The number of rotatable bonds is 5. The molecule has 1 heterocycles. The number of amides is 1. The zero-order valence-corrected chi connectivity index (χ0v) is 14.2. The van der Waals surface area contributed by atoms with E-state index < -0.39 is 6.61 Å². The monoisotopic (exact) mass is 367 g/mol. The molecule has 3 rings (SSSR count). The average Bonchev–Trinajstić information content (AvgIpc) is 3.11. The van der Waals surface area contributed by atoms with Gasteiger partial charge in [-0.15, -0.1) is 23.5 Å². The standard InChI is InChI=1S/C17H15F2NO2S2/c18-17(19)22-14-7-5-13(6-8-14)20-15(21)11-1-3-12(4-2-11)16-23-9-10-24-16/h1-8,16-17H,9-10H2,(H,20,21). The van der Waals surface area contributed by atoms with E-state index in [1.807, 2.05) is 35.7 Å². The summed E-state index contributed by atoms with van der Waals surface area (Å²) in [6, 6.07) is 13.4. The van der Waals surface area contributed by atoms with Crippen LogP contribution in [-0.2, 0) is 0 Å². The molecule has 126 valence electrons. The second-order valence-corrected chi connectivity index (χ2v) is 7.78. The minimum atomic E-state index is -2.86.